The third kappa shape index (κ3) is 3.56. The van der Waals surface area contributed by atoms with Gasteiger partial charge in [-0.15, -0.1) is 0 Å². The zero-order chi connectivity index (χ0) is 13.8. The summed E-state index contributed by atoms with van der Waals surface area (Å²) in [6, 6.07) is 5.98. The number of hydrogen-bond donors (Lipinski definition) is 3. The minimum atomic E-state index is -0.711. The van der Waals surface area contributed by atoms with Gasteiger partial charge in [0.1, 0.15) is 12.0 Å². The average molecular weight is 261 g/mol. The van der Waals surface area contributed by atoms with Gasteiger partial charge in [0.05, 0.1) is 11.7 Å². The number of carbonyl (C=O) groups is 1. The van der Waals surface area contributed by atoms with E-state index >= 15 is 0 Å². The Morgan fingerprint density at radius 2 is 2.16 bits per heavy atom. The van der Waals surface area contributed by atoms with Crippen LogP contribution < -0.4 is 11.1 Å². The Hall–Kier alpha value is -2.34. The second kappa shape index (κ2) is 5.53. The summed E-state index contributed by atoms with van der Waals surface area (Å²) in [7, 11) is 0. The van der Waals surface area contributed by atoms with Crippen LogP contribution in [0.3, 0.4) is 0 Å². The van der Waals surface area contributed by atoms with Crippen LogP contribution in [-0.2, 0) is 11.2 Å². The molecule has 100 valence electrons. The molecule has 0 fully saturated rings. The fourth-order valence-corrected chi connectivity index (χ4v) is 1.59. The van der Waals surface area contributed by atoms with Crippen molar-refractivity contribution in [2.45, 2.75) is 19.4 Å². The summed E-state index contributed by atoms with van der Waals surface area (Å²) in [4.78, 5) is 15.8. The van der Waals surface area contributed by atoms with Gasteiger partial charge in [-0.25, -0.2) is 0 Å². The SMILES string of the molecule is Cc1coc(NC(=O)[C@@H](N)Cc2ccc(O)cc2)n1. The molecule has 0 aliphatic rings. The van der Waals surface area contributed by atoms with Crippen LogP contribution >= 0.6 is 0 Å². The first-order valence-electron chi connectivity index (χ1n) is 5.81. The largest absolute Gasteiger partial charge is 0.508 e. The number of carbonyl (C=O) groups excluding carboxylic acids is 1. The molecule has 0 aliphatic heterocycles. The van der Waals surface area contributed by atoms with Crippen LogP contribution in [0.4, 0.5) is 6.01 Å². The summed E-state index contributed by atoms with van der Waals surface area (Å²) in [6.07, 6.45) is 1.81. The maximum atomic E-state index is 11.8. The Balaban J connectivity index is 1.94. The number of rotatable bonds is 4. The summed E-state index contributed by atoms with van der Waals surface area (Å²) >= 11 is 0. The lowest BCUT2D eigenvalue weighted by atomic mass is 10.1. The third-order valence-electron chi connectivity index (χ3n) is 2.58. The Morgan fingerprint density at radius 3 is 2.74 bits per heavy atom. The number of anilines is 1. The van der Waals surface area contributed by atoms with Crippen molar-refractivity contribution in [2.75, 3.05) is 5.32 Å². The molecule has 4 N–H and O–H groups in total. The van der Waals surface area contributed by atoms with Crippen LogP contribution in [-0.4, -0.2) is 22.0 Å². The van der Waals surface area contributed by atoms with Crippen molar-refractivity contribution >= 4 is 11.9 Å². The van der Waals surface area contributed by atoms with E-state index in [1.54, 1.807) is 31.2 Å². The molecule has 0 spiro atoms. The lowest BCUT2D eigenvalue weighted by Crippen LogP contribution is -2.37. The molecule has 1 amide bonds. The van der Waals surface area contributed by atoms with E-state index in [1.807, 2.05) is 0 Å². The van der Waals surface area contributed by atoms with Crippen LogP contribution in [0.25, 0.3) is 0 Å². The molecule has 0 radical (unpaired) electrons. The number of nitrogens with two attached hydrogens (primary N) is 1. The molecule has 2 rings (SSSR count). The fraction of sp³-hybridized carbons (Fsp3) is 0.231. The molecule has 1 aromatic heterocycles. The Morgan fingerprint density at radius 1 is 1.47 bits per heavy atom. The minimum absolute atomic E-state index is 0.142. The molecule has 0 aliphatic carbocycles. The van der Waals surface area contributed by atoms with Crippen molar-refractivity contribution in [3.63, 3.8) is 0 Å². The van der Waals surface area contributed by atoms with E-state index in [0.717, 1.165) is 5.56 Å². The smallest absolute Gasteiger partial charge is 0.301 e. The van der Waals surface area contributed by atoms with Gasteiger partial charge in [-0.05, 0) is 31.0 Å². The number of nitrogens with one attached hydrogen (secondary N) is 1. The maximum absolute atomic E-state index is 11.8. The standard InChI is InChI=1S/C13H15N3O3/c1-8-7-19-13(15-8)16-12(18)11(14)6-9-2-4-10(17)5-3-9/h2-5,7,11,17H,6,14H2,1H3,(H,15,16,18)/t11-/m0/s1. The quantitative estimate of drug-likeness (QED) is 0.767. The molecule has 6 nitrogen and oxygen atoms in total. The molecule has 19 heavy (non-hydrogen) atoms. The third-order valence-corrected chi connectivity index (χ3v) is 2.58. The molecule has 0 unspecified atom stereocenters. The van der Waals surface area contributed by atoms with Crippen molar-refractivity contribution in [3.8, 4) is 5.75 Å². The maximum Gasteiger partial charge on any atom is 0.301 e. The van der Waals surface area contributed by atoms with Gasteiger partial charge < -0.3 is 15.3 Å². The number of benzene rings is 1. The zero-order valence-corrected chi connectivity index (χ0v) is 10.5. The number of nitrogens with zero attached hydrogens (tertiary/aromatic N) is 1. The molecule has 0 saturated carbocycles. The van der Waals surface area contributed by atoms with Crippen LogP contribution in [0.1, 0.15) is 11.3 Å². The average Bonchev–Trinajstić information content (AvgIpc) is 2.77. The van der Waals surface area contributed by atoms with Crippen molar-refractivity contribution in [1.82, 2.24) is 4.98 Å². The molecular weight excluding hydrogens is 246 g/mol. The number of phenols is 1. The second-order valence-corrected chi connectivity index (χ2v) is 4.26. The van der Waals surface area contributed by atoms with Gasteiger partial charge in [-0.1, -0.05) is 12.1 Å². The normalized spacial score (nSPS) is 12.1. The van der Waals surface area contributed by atoms with Gasteiger partial charge in [0.25, 0.3) is 0 Å². The Bertz CT molecular complexity index is 563. The predicted octanol–water partition coefficient (Wildman–Crippen LogP) is 1.20. The first-order chi connectivity index (χ1) is 9.04. The summed E-state index contributed by atoms with van der Waals surface area (Å²) < 4.78 is 5.02. The van der Waals surface area contributed by atoms with Crippen LogP contribution in [0, 0.1) is 6.92 Å². The van der Waals surface area contributed by atoms with E-state index in [4.69, 9.17) is 15.3 Å². The van der Waals surface area contributed by atoms with E-state index in [0.29, 0.717) is 12.1 Å². The molecule has 1 atom stereocenters. The molecule has 2 aromatic rings. The van der Waals surface area contributed by atoms with E-state index < -0.39 is 6.04 Å². The number of aromatic nitrogens is 1. The van der Waals surface area contributed by atoms with Crippen molar-refractivity contribution in [1.29, 1.82) is 0 Å². The molecule has 0 saturated heterocycles. The van der Waals surface area contributed by atoms with E-state index in [-0.39, 0.29) is 17.7 Å². The summed E-state index contributed by atoms with van der Waals surface area (Å²) in [5.41, 5.74) is 7.35. The molecule has 1 aromatic carbocycles. The monoisotopic (exact) mass is 261 g/mol. The molecule has 6 heteroatoms. The Labute approximate surface area is 110 Å². The van der Waals surface area contributed by atoms with E-state index in [2.05, 4.69) is 10.3 Å². The topological polar surface area (TPSA) is 101 Å². The van der Waals surface area contributed by atoms with Gasteiger partial charge in [-0.2, -0.15) is 4.98 Å². The molecule has 0 bridgehead atoms. The zero-order valence-electron chi connectivity index (χ0n) is 10.5. The number of aryl methyl sites for hydroxylation is 1. The number of phenolic OH excluding ortho intramolecular Hbond substituents is 1. The number of hydrogen-bond acceptors (Lipinski definition) is 5. The fourth-order valence-electron chi connectivity index (χ4n) is 1.59. The van der Waals surface area contributed by atoms with Crippen molar-refractivity contribution < 1.29 is 14.3 Å². The number of oxazole rings is 1. The highest BCUT2D eigenvalue weighted by molar-refractivity contribution is 5.93. The highest BCUT2D eigenvalue weighted by atomic mass is 16.4. The highest BCUT2D eigenvalue weighted by Gasteiger charge is 2.16. The van der Waals surface area contributed by atoms with Gasteiger partial charge in [0, 0.05) is 0 Å². The van der Waals surface area contributed by atoms with Gasteiger partial charge in [0.15, 0.2) is 0 Å². The van der Waals surface area contributed by atoms with Crippen molar-refractivity contribution in [2.24, 2.45) is 5.73 Å². The predicted molar refractivity (Wildman–Crippen MR) is 69.7 cm³/mol. The Kier molecular flexibility index (Phi) is 3.82. The summed E-state index contributed by atoms with van der Waals surface area (Å²) in [6.45, 7) is 1.76. The summed E-state index contributed by atoms with van der Waals surface area (Å²) in [5, 5.41) is 11.7. The second-order valence-electron chi connectivity index (χ2n) is 4.26. The number of aromatic hydroxyl groups is 1. The van der Waals surface area contributed by atoms with Crippen molar-refractivity contribution in [3.05, 3.63) is 41.8 Å². The van der Waals surface area contributed by atoms with Gasteiger partial charge >= 0.3 is 6.01 Å². The summed E-state index contributed by atoms with van der Waals surface area (Å²) in [5.74, 6) is -0.188. The van der Waals surface area contributed by atoms with Crippen LogP contribution in [0.2, 0.25) is 0 Å². The van der Waals surface area contributed by atoms with Crippen LogP contribution in [0.15, 0.2) is 34.9 Å². The van der Waals surface area contributed by atoms with E-state index in [9.17, 15) is 4.79 Å². The minimum Gasteiger partial charge on any atom is -0.508 e. The molecular formula is C13H15N3O3. The first-order valence-corrected chi connectivity index (χ1v) is 5.81. The first kappa shape index (κ1) is 13.1. The van der Waals surface area contributed by atoms with Gasteiger partial charge in [0.2, 0.25) is 5.91 Å². The number of amides is 1. The highest BCUT2D eigenvalue weighted by Crippen LogP contribution is 2.12. The van der Waals surface area contributed by atoms with E-state index in [1.165, 1.54) is 6.26 Å². The lowest BCUT2D eigenvalue weighted by Gasteiger charge is -2.10. The lowest BCUT2D eigenvalue weighted by molar-refractivity contribution is -0.117. The molecule has 1 heterocycles. The van der Waals surface area contributed by atoms with Gasteiger partial charge in [-0.3, -0.25) is 10.1 Å². The van der Waals surface area contributed by atoms with Crippen LogP contribution in [0.5, 0.6) is 5.75 Å².